The highest BCUT2D eigenvalue weighted by Crippen LogP contribution is 2.29. The molecule has 1 fully saturated rings. The number of anilines is 1. The summed E-state index contributed by atoms with van der Waals surface area (Å²) in [6.45, 7) is 5.69. The van der Waals surface area contributed by atoms with Crippen LogP contribution in [0, 0.1) is 0 Å². The Morgan fingerprint density at radius 3 is 2.35 bits per heavy atom. The van der Waals surface area contributed by atoms with Crippen molar-refractivity contribution >= 4 is 5.69 Å². The first-order valence-corrected chi connectivity index (χ1v) is 6.02. The second-order valence-electron chi connectivity index (χ2n) is 4.71. The number of phenols is 1. The molecule has 1 saturated heterocycles. The molecule has 0 radical (unpaired) electrons. The Kier molecular flexibility index (Phi) is 3.54. The summed E-state index contributed by atoms with van der Waals surface area (Å²) in [4.78, 5) is 4.55. The van der Waals surface area contributed by atoms with Gasteiger partial charge < -0.3 is 20.0 Å². The Morgan fingerprint density at radius 1 is 1.18 bits per heavy atom. The Hall–Kier alpha value is -1.26. The van der Waals surface area contributed by atoms with E-state index < -0.39 is 6.10 Å². The number of benzene rings is 1. The van der Waals surface area contributed by atoms with Crippen molar-refractivity contribution in [1.29, 1.82) is 0 Å². The van der Waals surface area contributed by atoms with Gasteiger partial charge in [-0.25, -0.2) is 0 Å². The summed E-state index contributed by atoms with van der Waals surface area (Å²) < 4.78 is 0. The van der Waals surface area contributed by atoms with E-state index in [0.717, 1.165) is 31.9 Å². The van der Waals surface area contributed by atoms with Crippen LogP contribution >= 0.6 is 0 Å². The van der Waals surface area contributed by atoms with Gasteiger partial charge in [-0.3, -0.25) is 0 Å². The molecule has 4 heteroatoms. The Labute approximate surface area is 102 Å². The summed E-state index contributed by atoms with van der Waals surface area (Å²) in [6.07, 6.45) is -0.628. The lowest BCUT2D eigenvalue weighted by atomic mass is 10.1. The van der Waals surface area contributed by atoms with Gasteiger partial charge in [-0.15, -0.1) is 0 Å². The molecule has 2 rings (SSSR count). The van der Waals surface area contributed by atoms with Gasteiger partial charge in [0, 0.05) is 43.5 Å². The number of phenolic OH excluding ortho intramolecular Hbond substituents is 1. The van der Waals surface area contributed by atoms with E-state index in [1.165, 1.54) is 0 Å². The van der Waals surface area contributed by atoms with Crippen LogP contribution in [-0.4, -0.2) is 48.3 Å². The van der Waals surface area contributed by atoms with E-state index in [-0.39, 0.29) is 5.75 Å². The van der Waals surface area contributed by atoms with Gasteiger partial charge in [0.25, 0.3) is 0 Å². The van der Waals surface area contributed by atoms with E-state index in [2.05, 4.69) is 16.8 Å². The van der Waals surface area contributed by atoms with Crippen LogP contribution in [0.5, 0.6) is 5.75 Å². The van der Waals surface area contributed by atoms with Crippen molar-refractivity contribution in [1.82, 2.24) is 4.90 Å². The fourth-order valence-corrected chi connectivity index (χ4v) is 2.15. The highest BCUT2D eigenvalue weighted by Gasteiger charge is 2.16. The lowest BCUT2D eigenvalue weighted by Gasteiger charge is -2.34. The molecule has 1 heterocycles. The number of hydrogen-bond donors (Lipinski definition) is 2. The molecule has 0 bridgehead atoms. The number of hydrogen-bond acceptors (Lipinski definition) is 4. The van der Waals surface area contributed by atoms with Gasteiger partial charge in [0.1, 0.15) is 5.75 Å². The highest BCUT2D eigenvalue weighted by molar-refractivity contribution is 5.54. The molecule has 94 valence electrons. The second-order valence-corrected chi connectivity index (χ2v) is 4.71. The number of nitrogens with zero attached hydrogens (tertiary/aromatic N) is 2. The number of rotatable bonds is 2. The third kappa shape index (κ3) is 2.70. The molecule has 1 aromatic rings. The van der Waals surface area contributed by atoms with Crippen LogP contribution in [0.4, 0.5) is 5.69 Å². The minimum atomic E-state index is -0.628. The average molecular weight is 236 g/mol. The number of likely N-dealkylation sites (N-methyl/N-ethyl adjacent to an activating group) is 1. The first-order chi connectivity index (χ1) is 8.08. The number of aromatic hydroxyl groups is 1. The van der Waals surface area contributed by atoms with Crippen LogP contribution in [0.1, 0.15) is 18.6 Å². The molecule has 17 heavy (non-hydrogen) atoms. The van der Waals surface area contributed by atoms with E-state index in [0.29, 0.717) is 5.56 Å². The van der Waals surface area contributed by atoms with Gasteiger partial charge in [-0.05, 0) is 20.0 Å². The van der Waals surface area contributed by atoms with Crippen molar-refractivity contribution in [3.05, 3.63) is 23.8 Å². The van der Waals surface area contributed by atoms with Crippen molar-refractivity contribution < 1.29 is 10.2 Å². The quantitative estimate of drug-likeness (QED) is 0.810. The summed E-state index contributed by atoms with van der Waals surface area (Å²) in [6, 6.07) is 5.51. The highest BCUT2D eigenvalue weighted by atomic mass is 16.3. The number of aliphatic hydroxyl groups excluding tert-OH is 1. The zero-order valence-corrected chi connectivity index (χ0v) is 10.4. The SMILES string of the molecule is CC(O)c1ccc(N2CCN(C)CC2)cc1O. The molecule has 1 aliphatic heterocycles. The van der Waals surface area contributed by atoms with Gasteiger partial charge >= 0.3 is 0 Å². The van der Waals surface area contributed by atoms with Gasteiger partial charge in [0.2, 0.25) is 0 Å². The predicted octanol–water partition coefficient (Wildman–Crippen LogP) is 1.20. The van der Waals surface area contributed by atoms with Gasteiger partial charge in [-0.2, -0.15) is 0 Å². The summed E-state index contributed by atoms with van der Waals surface area (Å²) in [5.74, 6) is 0.177. The molecule has 4 nitrogen and oxygen atoms in total. The molecular weight excluding hydrogens is 216 g/mol. The molecular formula is C13H20N2O2. The smallest absolute Gasteiger partial charge is 0.123 e. The Morgan fingerprint density at radius 2 is 1.82 bits per heavy atom. The molecule has 1 unspecified atom stereocenters. The van der Waals surface area contributed by atoms with Crippen molar-refractivity contribution in [3.63, 3.8) is 0 Å². The largest absolute Gasteiger partial charge is 0.507 e. The van der Waals surface area contributed by atoms with Gasteiger partial charge in [0.05, 0.1) is 6.10 Å². The van der Waals surface area contributed by atoms with Crippen molar-refractivity contribution in [2.24, 2.45) is 0 Å². The van der Waals surface area contributed by atoms with Crippen LogP contribution in [0.2, 0.25) is 0 Å². The van der Waals surface area contributed by atoms with Crippen LogP contribution in [0.25, 0.3) is 0 Å². The predicted molar refractivity (Wildman–Crippen MR) is 68.5 cm³/mol. The number of piperazine rings is 1. The van der Waals surface area contributed by atoms with Crippen LogP contribution < -0.4 is 4.90 Å². The van der Waals surface area contributed by atoms with E-state index in [4.69, 9.17) is 0 Å². The van der Waals surface area contributed by atoms with E-state index in [1.54, 1.807) is 19.1 Å². The monoisotopic (exact) mass is 236 g/mol. The fourth-order valence-electron chi connectivity index (χ4n) is 2.15. The summed E-state index contributed by atoms with van der Waals surface area (Å²) in [5, 5.41) is 19.3. The maximum atomic E-state index is 9.85. The molecule has 0 aromatic heterocycles. The maximum Gasteiger partial charge on any atom is 0.123 e. The van der Waals surface area contributed by atoms with E-state index in [1.807, 2.05) is 6.07 Å². The lowest BCUT2D eigenvalue weighted by molar-refractivity contribution is 0.195. The topological polar surface area (TPSA) is 46.9 Å². The molecule has 1 atom stereocenters. The third-order valence-electron chi connectivity index (χ3n) is 3.33. The normalized spacial score (nSPS) is 19.4. The van der Waals surface area contributed by atoms with Crippen molar-refractivity contribution in [2.45, 2.75) is 13.0 Å². The lowest BCUT2D eigenvalue weighted by Crippen LogP contribution is -2.44. The maximum absolute atomic E-state index is 9.85. The van der Waals surface area contributed by atoms with E-state index in [9.17, 15) is 10.2 Å². The van der Waals surface area contributed by atoms with Crippen molar-refractivity contribution in [3.8, 4) is 5.75 Å². The molecule has 1 aliphatic rings. The average Bonchev–Trinajstić information content (AvgIpc) is 2.29. The van der Waals surface area contributed by atoms with Crippen LogP contribution in [0.3, 0.4) is 0 Å². The summed E-state index contributed by atoms with van der Waals surface area (Å²) in [7, 11) is 2.12. The zero-order valence-electron chi connectivity index (χ0n) is 10.4. The molecule has 0 aliphatic carbocycles. The molecule has 0 amide bonds. The Balaban J connectivity index is 2.14. The second kappa shape index (κ2) is 4.94. The first kappa shape index (κ1) is 12.2. The molecule has 2 N–H and O–H groups in total. The minimum Gasteiger partial charge on any atom is -0.507 e. The van der Waals surface area contributed by atoms with Crippen molar-refractivity contribution in [2.75, 3.05) is 38.1 Å². The Bertz CT molecular complexity index is 385. The fraction of sp³-hybridized carbons (Fsp3) is 0.538. The van der Waals surface area contributed by atoms with Gasteiger partial charge in [-0.1, -0.05) is 6.07 Å². The van der Waals surface area contributed by atoms with Gasteiger partial charge in [0.15, 0.2) is 0 Å². The standard InChI is InChI=1S/C13H20N2O2/c1-10(16)12-4-3-11(9-13(12)17)15-7-5-14(2)6-8-15/h3-4,9-10,16-17H,5-8H2,1-2H3. The summed E-state index contributed by atoms with van der Waals surface area (Å²) in [5.41, 5.74) is 1.61. The minimum absolute atomic E-state index is 0.177. The van der Waals surface area contributed by atoms with E-state index >= 15 is 0 Å². The zero-order chi connectivity index (χ0) is 12.4. The number of aliphatic hydroxyl groups is 1. The van der Waals surface area contributed by atoms with Crippen LogP contribution in [-0.2, 0) is 0 Å². The summed E-state index contributed by atoms with van der Waals surface area (Å²) >= 11 is 0. The molecule has 1 aromatic carbocycles. The molecule has 0 saturated carbocycles. The third-order valence-corrected chi connectivity index (χ3v) is 3.33. The molecule has 0 spiro atoms. The first-order valence-electron chi connectivity index (χ1n) is 6.02. The van der Waals surface area contributed by atoms with Crippen LogP contribution in [0.15, 0.2) is 18.2 Å².